The van der Waals surface area contributed by atoms with Crippen LogP contribution in [0, 0.1) is 0 Å². The smallest absolute Gasteiger partial charge is 0.228 e. The molecule has 1 atom stereocenters. The van der Waals surface area contributed by atoms with Crippen LogP contribution >= 0.6 is 39.3 Å². The first-order valence-electron chi connectivity index (χ1n) is 5.40. The van der Waals surface area contributed by atoms with E-state index in [1.165, 1.54) is 18.7 Å². The lowest BCUT2D eigenvalue weighted by molar-refractivity contribution is -0.117. The zero-order valence-electron chi connectivity index (χ0n) is 9.65. The van der Waals surface area contributed by atoms with E-state index in [9.17, 15) is 9.59 Å². The van der Waals surface area contributed by atoms with Crippen molar-refractivity contribution in [3.63, 3.8) is 0 Å². The van der Waals surface area contributed by atoms with Crippen molar-refractivity contribution in [3.8, 4) is 0 Å². The molecule has 0 N–H and O–H groups in total. The molecule has 0 saturated carbocycles. The van der Waals surface area contributed by atoms with Crippen LogP contribution < -0.4 is 4.90 Å². The number of anilines is 1. The Morgan fingerprint density at radius 1 is 1.56 bits per heavy atom. The van der Waals surface area contributed by atoms with Crippen LogP contribution in [0.4, 0.5) is 5.69 Å². The van der Waals surface area contributed by atoms with E-state index in [2.05, 4.69) is 15.9 Å². The fourth-order valence-electron chi connectivity index (χ4n) is 1.91. The van der Waals surface area contributed by atoms with E-state index < -0.39 is 0 Å². The van der Waals surface area contributed by atoms with Crippen LogP contribution in [0.5, 0.6) is 0 Å². The van der Waals surface area contributed by atoms with Gasteiger partial charge >= 0.3 is 0 Å². The second-order valence-electron chi connectivity index (χ2n) is 4.04. The summed E-state index contributed by atoms with van der Waals surface area (Å²) in [6.45, 7) is 2.06. The van der Waals surface area contributed by atoms with Gasteiger partial charge < -0.3 is 4.90 Å². The zero-order chi connectivity index (χ0) is 13.3. The van der Waals surface area contributed by atoms with Gasteiger partial charge in [0.05, 0.1) is 5.69 Å². The highest BCUT2D eigenvalue weighted by Crippen LogP contribution is 2.34. The molecule has 1 heterocycles. The topological polar surface area (TPSA) is 37.4 Å². The molecule has 3 nitrogen and oxygen atoms in total. The predicted molar refractivity (Wildman–Crippen MR) is 78.2 cm³/mol. The van der Waals surface area contributed by atoms with Crippen LogP contribution in [0.2, 0.25) is 5.02 Å². The van der Waals surface area contributed by atoms with Crippen LogP contribution in [0.3, 0.4) is 0 Å². The first-order valence-corrected chi connectivity index (χ1v) is 7.45. The Morgan fingerprint density at radius 3 is 2.94 bits per heavy atom. The van der Waals surface area contributed by atoms with Crippen molar-refractivity contribution < 1.29 is 9.59 Å². The fraction of sp³-hybridized carbons (Fsp3) is 0.333. The Kier molecular flexibility index (Phi) is 4.35. The summed E-state index contributed by atoms with van der Waals surface area (Å²) in [6.07, 6.45) is 0.392. The molecule has 1 aromatic carbocycles. The minimum absolute atomic E-state index is 0.0247. The molecule has 96 valence electrons. The number of hydrogen-bond acceptors (Lipinski definition) is 3. The maximum Gasteiger partial charge on any atom is 0.228 e. The quantitative estimate of drug-likeness (QED) is 0.821. The number of amides is 1. The highest BCUT2D eigenvalue weighted by Gasteiger charge is 2.32. The Labute approximate surface area is 123 Å². The third kappa shape index (κ3) is 3.08. The molecule has 0 spiro atoms. The van der Waals surface area contributed by atoms with Gasteiger partial charge in [-0.2, -0.15) is 0 Å². The molecule has 1 unspecified atom stereocenters. The van der Waals surface area contributed by atoms with Gasteiger partial charge in [-0.05, 0) is 34.1 Å². The lowest BCUT2D eigenvalue weighted by Crippen LogP contribution is -2.25. The number of thioether (sulfide) groups is 1. The zero-order valence-corrected chi connectivity index (χ0v) is 12.8. The summed E-state index contributed by atoms with van der Waals surface area (Å²) in [7, 11) is 0. The molecule has 1 fully saturated rings. The second-order valence-corrected chi connectivity index (χ2v) is 6.80. The average Bonchev–Trinajstić information content (AvgIpc) is 2.62. The normalized spacial score (nSPS) is 19.4. The number of nitrogens with zero attached hydrogens (tertiary/aromatic N) is 1. The molecule has 1 aliphatic rings. The third-order valence-electron chi connectivity index (χ3n) is 2.62. The predicted octanol–water partition coefficient (Wildman–Crippen LogP) is 3.49. The van der Waals surface area contributed by atoms with E-state index in [1.54, 1.807) is 17.0 Å². The molecule has 0 bridgehead atoms. The number of rotatable bonds is 2. The van der Waals surface area contributed by atoms with Gasteiger partial charge in [0, 0.05) is 34.6 Å². The Morgan fingerprint density at radius 2 is 2.28 bits per heavy atom. The van der Waals surface area contributed by atoms with Crippen molar-refractivity contribution in [1.82, 2.24) is 0 Å². The monoisotopic (exact) mass is 347 g/mol. The summed E-state index contributed by atoms with van der Waals surface area (Å²) in [6, 6.07) is 5.33. The summed E-state index contributed by atoms with van der Waals surface area (Å²) in [5.74, 6) is 0.0247. The van der Waals surface area contributed by atoms with E-state index in [-0.39, 0.29) is 16.3 Å². The average molecular weight is 349 g/mol. The van der Waals surface area contributed by atoms with Crippen LogP contribution in [0.1, 0.15) is 13.3 Å². The number of halogens is 2. The molecule has 0 radical (unpaired) electrons. The van der Waals surface area contributed by atoms with Crippen LogP contribution in [0.25, 0.3) is 0 Å². The highest BCUT2D eigenvalue weighted by molar-refractivity contribution is 9.10. The van der Waals surface area contributed by atoms with Crippen LogP contribution in [-0.4, -0.2) is 22.8 Å². The van der Waals surface area contributed by atoms with Gasteiger partial charge in [-0.1, -0.05) is 23.4 Å². The Balaban J connectivity index is 2.21. The molecule has 0 aliphatic carbocycles. The van der Waals surface area contributed by atoms with E-state index >= 15 is 0 Å². The van der Waals surface area contributed by atoms with Gasteiger partial charge in [0.1, 0.15) is 0 Å². The number of hydrogen-bond donors (Lipinski definition) is 0. The third-order valence-corrected chi connectivity index (χ3v) is 4.51. The summed E-state index contributed by atoms with van der Waals surface area (Å²) in [5.41, 5.74) is 0.763. The van der Waals surface area contributed by atoms with Gasteiger partial charge in [0.25, 0.3) is 0 Å². The number of carbonyl (C=O) groups is 2. The molecule has 1 amide bonds. The minimum Gasteiger partial charge on any atom is -0.310 e. The molecular formula is C12H11BrClNO2S. The van der Waals surface area contributed by atoms with Crippen molar-refractivity contribution in [2.24, 2.45) is 0 Å². The Bertz CT molecular complexity index is 509. The highest BCUT2D eigenvalue weighted by atomic mass is 79.9. The van der Waals surface area contributed by atoms with Crippen molar-refractivity contribution in [2.45, 2.75) is 18.6 Å². The summed E-state index contributed by atoms with van der Waals surface area (Å²) in [4.78, 5) is 24.7. The van der Waals surface area contributed by atoms with Crippen molar-refractivity contribution in [1.29, 1.82) is 0 Å². The SMILES string of the molecule is CC(=O)SC1CC(=O)N(c2cc(Cl)ccc2Br)C1. The maximum atomic E-state index is 12.0. The van der Waals surface area contributed by atoms with Gasteiger partial charge in [0.15, 0.2) is 5.12 Å². The fourth-order valence-corrected chi connectivity index (χ4v) is 3.46. The molecule has 6 heteroatoms. The second kappa shape index (κ2) is 5.63. The van der Waals surface area contributed by atoms with Crippen molar-refractivity contribution >= 4 is 56.0 Å². The largest absolute Gasteiger partial charge is 0.310 e. The number of benzene rings is 1. The van der Waals surface area contributed by atoms with Gasteiger partial charge in [-0.25, -0.2) is 0 Å². The van der Waals surface area contributed by atoms with E-state index in [4.69, 9.17) is 11.6 Å². The summed E-state index contributed by atoms with van der Waals surface area (Å²) >= 11 is 10.6. The van der Waals surface area contributed by atoms with Crippen molar-refractivity contribution in [2.75, 3.05) is 11.4 Å². The van der Waals surface area contributed by atoms with Gasteiger partial charge in [0.2, 0.25) is 5.91 Å². The van der Waals surface area contributed by atoms with Gasteiger partial charge in [-0.15, -0.1) is 0 Å². The molecule has 18 heavy (non-hydrogen) atoms. The van der Waals surface area contributed by atoms with Gasteiger partial charge in [-0.3, -0.25) is 9.59 Å². The Hall–Kier alpha value is -0.520. The molecular weight excluding hydrogens is 338 g/mol. The van der Waals surface area contributed by atoms with E-state index in [0.717, 1.165) is 10.2 Å². The van der Waals surface area contributed by atoms with Crippen LogP contribution in [0.15, 0.2) is 22.7 Å². The first-order chi connectivity index (χ1) is 8.47. The van der Waals surface area contributed by atoms with Crippen LogP contribution in [-0.2, 0) is 9.59 Å². The van der Waals surface area contributed by atoms with E-state index in [1.807, 2.05) is 6.07 Å². The molecule has 1 saturated heterocycles. The molecule has 1 aliphatic heterocycles. The molecule has 0 aromatic heterocycles. The summed E-state index contributed by atoms with van der Waals surface area (Å²) < 4.78 is 0.828. The molecule has 1 aromatic rings. The van der Waals surface area contributed by atoms with Crippen molar-refractivity contribution in [3.05, 3.63) is 27.7 Å². The standard InChI is InChI=1S/C12H11BrClNO2S/c1-7(16)18-9-5-12(17)15(6-9)11-4-8(14)2-3-10(11)13/h2-4,9H,5-6H2,1H3. The maximum absolute atomic E-state index is 12.0. The summed E-state index contributed by atoms with van der Waals surface area (Å²) in [5, 5.41) is 0.657. The first kappa shape index (κ1) is 13.9. The number of carbonyl (C=O) groups excluding carboxylic acids is 2. The lowest BCUT2D eigenvalue weighted by Gasteiger charge is -2.18. The lowest BCUT2D eigenvalue weighted by atomic mass is 10.3. The molecule has 2 rings (SSSR count). The minimum atomic E-state index is 0.0247. The van der Waals surface area contributed by atoms with E-state index in [0.29, 0.717) is 18.0 Å².